The number of hydrogen-bond donors (Lipinski definition) is 2. The molecule has 3 nitrogen and oxygen atoms in total. The van der Waals surface area contributed by atoms with Crippen LogP contribution in [0.1, 0.15) is 5.56 Å². The molecule has 4 heteroatoms. The fraction of sp³-hybridized carbons (Fsp3) is 0.143. The molecule has 0 amide bonds. The highest BCUT2D eigenvalue weighted by atomic mass is 79.9. The van der Waals surface area contributed by atoms with Crippen molar-refractivity contribution >= 4 is 33.0 Å². The number of methoxy groups -OCH3 is 1. The maximum absolute atomic E-state index is 5.79. The van der Waals surface area contributed by atoms with Crippen molar-refractivity contribution in [2.24, 2.45) is 0 Å². The Morgan fingerprint density at radius 2 is 1.78 bits per heavy atom. The second-order valence-corrected chi connectivity index (χ2v) is 4.90. The molecule has 2 rings (SSSR count). The number of halogens is 1. The summed E-state index contributed by atoms with van der Waals surface area (Å²) in [4.78, 5) is 0. The van der Waals surface area contributed by atoms with Crippen LogP contribution in [-0.4, -0.2) is 7.11 Å². The van der Waals surface area contributed by atoms with Crippen LogP contribution in [0.4, 0.5) is 17.1 Å². The largest absolute Gasteiger partial charge is 0.496 e. The van der Waals surface area contributed by atoms with Crippen LogP contribution in [0.15, 0.2) is 40.9 Å². The van der Waals surface area contributed by atoms with Crippen molar-refractivity contribution in [3.63, 3.8) is 0 Å². The van der Waals surface area contributed by atoms with Crippen molar-refractivity contribution in [2.45, 2.75) is 6.92 Å². The highest BCUT2D eigenvalue weighted by Gasteiger charge is 2.02. The molecule has 2 aromatic carbocycles. The van der Waals surface area contributed by atoms with E-state index in [9.17, 15) is 0 Å². The van der Waals surface area contributed by atoms with Gasteiger partial charge in [0.15, 0.2) is 0 Å². The first-order chi connectivity index (χ1) is 8.60. The van der Waals surface area contributed by atoms with E-state index in [1.165, 1.54) is 0 Å². The quantitative estimate of drug-likeness (QED) is 0.840. The molecule has 94 valence electrons. The van der Waals surface area contributed by atoms with Gasteiger partial charge in [0.1, 0.15) is 5.75 Å². The molecular formula is C14H15BrN2O. The third-order valence-corrected chi connectivity index (χ3v) is 3.33. The highest BCUT2D eigenvalue weighted by Crippen LogP contribution is 2.29. The Balaban J connectivity index is 2.23. The van der Waals surface area contributed by atoms with Crippen LogP contribution in [0, 0.1) is 6.92 Å². The molecule has 0 aliphatic heterocycles. The summed E-state index contributed by atoms with van der Waals surface area (Å²) in [6, 6.07) is 11.7. The van der Waals surface area contributed by atoms with Gasteiger partial charge < -0.3 is 15.8 Å². The number of anilines is 3. The maximum Gasteiger partial charge on any atom is 0.133 e. The molecule has 3 N–H and O–H groups in total. The number of nitrogen functional groups attached to an aromatic ring is 1. The lowest BCUT2D eigenvalue weighted by Crippen LogP contribution is -1.94. The molecule has 0 spiro atoms. The molecule has 0 aliphatic rings. The summed E-state index contributed by atoms with van der Waals surface area (Å²) in [5.74, 6) is 0.814. The SMILES string of the molecule is COc1ccc(Nc2ccc(N)c(C)c2)cc1Br. The average molecular weight is 307 g/mol. The van der Waals surface area contributed by atoms with Gasteiger partial charge in [0.25, 0.3) is 0 Å². The number of nitrogens with one attached hydrogen (secondary N) is 1. The van der Waals surface area contributed by atoms with Crippen molar-refractivity contribution < 1.29 is 4.74 Å². The second kappa shape index (κ2) is 5.31. The van der Waals surface area contributed by atoms with Gasteiger partial charge in [-0.3, -0.25) is 0 Å². The van der Waals surface area contributed by atoms with Crippen LogP contribution in [-0.2, 0) is 0 Å². The fourth-order valence-electron chi connectivity index (χ4n) is 1.66. The van der Waals surface area contributed by atoms with Crippen molar-refractivity contribution in [2.75, 3.05) is 18.2 Å². The number of ether oxygens (including phenoxy) is 1. The van der Waals surface area contributed by atoms with Gasteiger partial charge in [0.05, 0.1) is 11.6 Å². The third-order valence-electron chi connectivity index (χ3n) is 2.71. The number of hydrogen-bond acceptors (Lipinski definition) is 3. The van der Waals surface area contributed by atoms with Gasteiger partial charge in [-0.05, 0) is 64.8 Å². The van der Waals surface area contributed by atoms with E-state index in [1.807, 2.05) is 43.3 Å². The van der Waals surface area contributed by atoms with E-state index < -0.39 is 0 Å². The summed E-state index contributed by atoms with van der Waals surface area (Å²) in [5.41, 5.74) is 9.66. The van der Waals surface area contributed by atoms with Crippen molar-refractivity contribution in [3.8, 4) is 5.75 Å². The van der Waals surface area contributed by atoms with Crippen molar-refractivity contribution in [1.82, 2.24) is 0 Å². The Labute approximate surface area is 115 Å². The molecule has 0 aromatic heterocycles. The molecule has 0 fully saturated rings. The Bertz CT molecular complexity index is 570. The van der Waals surface area contributed by atoms with Crippen LogP contribution in [0.2, 0.25) is 0 Å². The predicted octanol–water partition coefficient (Wildman–Crippen LogP) is 4.09. The van der Waals surface area contributed by atoms with E-state index in [1.54, 1.807) is 7.11 Å². The lowest BCUT2D eigenvalue weighted by Gasteiger charge is -2.10. The average Bonchev–Trinajstić information content (AvgIpc) is 2.34. The number of benzene rings is 2. The molecule has 0 atom stereocenters. The summed E-state index contributed by atoms with van der Waals surface area (Å²) in [7, 11) is 1.65. The van der Waals surface area contributed by atoms with E-state index in [-0.39, 0.29) is 0 Å². The molecule has 0 unspecified atom stereocenters. The van der Waals surface area contributed by atoms with Gasteiger partial charge in [-0.25, -0.2) is 0 Å². The lowest BCUT2D eigenvalue weighted by atomic mass is 10.2. The fourth-order valence-corrected chi connectivity index (χ4v) is 2.20. The minimum Gasteiger partial charge on any atom is -0.496 e. The molecule has 0 radical (unpaired) electrons. The van der Waals surface area contributed by atoms with E-state index in [0.717, 1.165) is 32.8 Å². The lowest BCUT2D eigenvalue weighted by molar-refractivity contribution is 0.412. The molecular weight excluding hydrogens is 292 g/mol. The second-order valence-electron chi connectivity index (χ2n) is 4.05. The van der Waals surface area contributed by atoms with Crippen LogP contribution in [0.5, 0.6) is 5.75 Å². The Kier molecular flexibility index (Phi) is 3.77. The molecule has 0 saturated heterocycles. The van der Waals surface area contributed by atoms with Crippen LogP contribution in [0.25, 0.3) is 0 Å². The maximum atomic E-state index is 5.79. The minimum atomic E-state index is 0.802. The third kappa shape index (κ3) is 2.76. The predicted molar refractivity (Wildman–Crippen MR) is 79.6 cm³/mol. The van der Waals surface area contributed by atoms with Gasteiger partial charge in [0.2, 0.25) is 0 Å². The summed E-state index contributed by atoms with van der Waals surface area (Å²) >= 11 is 3.46. The molecule has 0 bridgehead atoms. The van der Waals surface area contributed by atoms with Gasteiger partial charge in [0, 0.05) is 17.1 Å². The number of nitrogens with two attached hydrogens (primary N) is 1. The molecule has 18 heavy (non-hydrogen) atoms. The zero-order valence-electron chi connectivity index (χ0n) is 10.3. The van der Waals surface area contributed by atoms with Gasteiger partial charge in [-0.1, -0.05) is 0 Å². The first-order valence-corrected chi connectivity index (χ1v) is 6.36. The standard InChI is InChI=1S/C14H15BrN2O/c1-9-7-10(3-5-13(9)16)17-11-4-6-14(18-2)12(15)8-11/h3-8,17H,16H2,1-2H3. The van der Waals surface area contributed by atoms with Crippen LogP contribution in [0.3, 0.4) is 0 Å². The smallest absolute Gasteiger partial charge is 0.133 e. The Hall–Kier alpha value is -1.68. The Morgan fingerprint density at radius 3 is 2.39 bits per heavy atom. The van der Waals surface area contributed by atoms with Crippen LogP contribution >= 0.6 is 15.9 Å². The molecule has 0 saturated carbocycles. The number of aryl methyl sites for hydroxylation is 1. The van der Waals surface area contributed by atoms with Gasteiger partial charge in [-0.2, -0.15) is 0 Å². The zero-order valence-corrected chi connectivity index (χ0v) is 11.9. The first kappa shape index (κ1) is 12.8. The zero-order chi connectivity index (χ0) is 13.1. The van der Waals surface area contributed by atoms with E-state index >= 15 is 0 Å². The van der Waals surface area contributed by atoms with Crippen molar-refractivity contribution in [3.05, 3.63) is 46.4 Å². The van der Waals surface area contributed by atoms with E-state index in [0.29, 0.717) is 0 Å². The van der Waals surface area contributed by atoms with Gasteiger partial charge >= 0.3 is 0 Å². The summed E-state index contributed by atoms with van der Waals surface area (Å²) < 4.78 is 6.11. The first-order valence-electron chi connectivity index (χ1n) is 5.57. The summed E-state index contributed by atoms with van der Waals surface area (Å²) in [6.07, 6.45) is 0. The highest BCUT2D eigenvalue weighted by molar-refractivity contribution is 9.10. The Morgan fingerprint density at radius 1 is 1.11 bits per heavy atom. The summed E-state index contributed by atoms with van der Waals surface area (Å²) in [6.45, 7) is 1.99. The summed E-state index contributed by atoms with van der Waals surface area (Å²) in [5, 5.41) is 3.32. The van der Waals surface area contributed by atoms with Gasteiger partial charge in [-0.15, -0.1) is 0 Å². The van der Waals surface area contributed by atoms with E-state index in [4.69, 9.17) is 10.5 Å². The molecule has 0 heterocycles. The van der Waals surface area contributed by atoms with E-state index in [2.05, 4.69) is 21.2 Å². The van der Waals surface area contributed by atoms with Crippen molar-refractivity contribution in [1.29, 1.82) is 0 Å². The molecule has 2 aromatic rings. The topological polar surface area (TPSA) is 47.3 Å². The molecule has 0 aliphatic carbocycles. The minimum absolute atomic E-state index is 0.802. The normalized spacial score (nSPS) is 10.2. The monoisotopic (exact) mass is 306 g/mol. The number of rotatable bonds is 3. The van der Waals surface area contributed by atoms with Crippen LogP contribution < -0.4 is 15.8 Å².